The van der Waals surface area contributed by atoms with E-state index in [1.165, 1.54) is 50.7 Å². The average molecular weight is 242 g/mol. The van der Waals surface area contributed by atoms with Crippen LogP contribution in [-0.2, 0) is 9.63 Å². The summed E-state index contributed by atoms with van der Waals surface area (Å²) in [6.45, 7) is 0.605. The molecule has 0 bridgehead atoms. The molecule has 2 N–H and O–H groups in total. The van der Waals surface area contributed by atoms with Crippen LogP contribution < -0.4 is 5.73 Å². The van der Waals surface area contributed by atoms with Gasteiger partial charge in [0, 0.05) is 13.5 Å². The first-order valence-electron chi connectivity index (χ1n) is 6.69. The van der Waals surface area contributed by atoms with Gasteiger partial charge in [0.1, 0.15) is 0 Å². The molecule has 0 aromatic rings. The molecule has 1 aliphatic carbocycles. The Balaban J connectivity index is 2.48. The summed E-state index contributed by atoms with van der Waals surface area (Å²) in [6, 6.07) is 0. The molecule has 0 spiro atoms. The molecular formula is C13H26N2O2. The third kappa shape index (κ3) is 4.64. The molecule has 0 aliphatic heterocycles. The molecule has 0 aromatic carbocycles. The van der Waals surface area contributed by atoms with Crippen LogP contribution in [0.2, 0.25) is 0 Å². The van der Waals surface area contributed by atoms with Crippen LogP contribution in [0.1, 0.15) is 44.9 Å². The third-order valence-electron chi connectivity index (χ3n) is 3.93. The minimum Gasteiger partial charge on any atom is -0.330 e. The number of nitrogens with zero attached hydrogens (tertiary/aromatic N) is 1. The van der Waals surface area contributed by atoms with Crippen molar-refractivity contribution in [3.63, 3.8) is 0 Å². The zero-order chi connectivity index (χ0) is 12.7. The standard InChI is InChI=1S/C13H26N2O2/c1-15(17-2)13(16)9-12(10-14)11-7-5-3-4-6-8-11/h11-12H,3-10,14H2,1-2H3/t12-/m1/s1. The summed E-state index contributed by atoms with van der Waals surface area (Å²) in [4.78, 5) is 16.7. The van der Waals surface area contributed by atoms with Gasteiger partial charge in [-0.3, -0.25) is 9.63 Å². The van der Waals surface area contributed by atoms with Gasteiger partial charge in [0.2, 0.25) is 5.91 Å². The Morgan fingerprint density at radius 2 is 1.94 bits per heavy atom. The van der Waals surface area contributed by atoms with E-state index >= 15 is 0 Å². The monoisotopic (exact) mass is 242 g/mol. The van der Waals surface area contributed by atoms with Gasteiger partial charge in [0.25, 0.3) is 0 Å². The van der Waals surface area contributed by atoms with Crippen LogP contribution in [0, 0.1) is 11.8 Å². The summed E-state index contributed by atoms with van der Waals surface area (Å²) in [5.41, 5.74) is 5.83. The van der Waals surface area contributed by atoms with E-state index in [9.17, 15) is 4.79 Å². The Bertz CT molecular complexity index is 225. The van der Waals surface area contributed by atoms with Crippen LogP contribution in [0.15, 0.2) is 0 Å². The van der Waals surface area contributed by atoms with Gasteiger partial charge in [-0.05, 0) is 18.4 Å². The molecule has 1 rings (SSSR count). The van der Waals surface area contributed by atoms with Gasteiger partial charge in [0.05, 0.1) is 7.11 Å². The van der Waals surface area contributed by atoms with Gasteiger partial charge in [-0.25, -0.2) is 5.06 Å². The molecule has 1 amide bonds. The predicted molar refractivity (Wildman–Crippen MR) is 68.1 cm³/mol. The van der Waals surface area contributed by atoms with Crippen molar-refractivity contribution in [1.29, 1.82) is 0 Å². The normalized spacial score (nSPS) is 19.7. The minimum absolute atomic E-state index is 0.0344. The summed E-state index contributed by atoms with van der Waals surface area (Å²) in [6.07, 6.45) is 8.22. The van der Waals surface area contributed by atoms with Crippen LogP contribution in [0.25, 0.3) is 0 Å². The van der Waals surface area contributed by atoms with Crippen molar-refractivity contribution < 1.29 is 9.63 Å². The third-order valence-corrected chi connectivity index (χ3v) is 3.93. The quantitative estimate of drug-likeness (QED) is 0.592. The topological polar surface area (TPSA) is 55.6 Å². The molecule has 1 fully saturated rings. The van der Waals surface area contributed by atoms with Gasteiger partial charge < -0.3 is 5.73 Å². The van der Waals surface area contributed by atoms with E-state index < -0.39 is 0 Å². The van der Waals surface area contributed by atoms with Crippen LogP contribution >= 0.6 is 0 Å². The molecule has 4 nitrogen and oxygen atoms in total. The molecule has 1 saturated carbocycles. The zero-order valence-electron chi connectivity index (χ0n) is 11.2. The Hall–Kier alpha value is -0.610. The van der Waals surface area contributed by atoms with E-state index in [-0.39, 0.29) is 5.91 Å². The van der Waals surface area contributed by atoms with Crippen molar-refractivity contribution in [3.8, 4) is 0 Å². The van der Waals surface area contributed by atoms with Gasteiger partial charge in [-0.15, -0.1) is 0 Å². The molecular weight excluding hydrogens is 216 g/mol. The number of carbonyl (C=O) groups excluding carboxylic acids is 1. The van der Waals surface area contributed by atoms with Gasteiger partial charge in [-0.2, -0.15) is 0 Å². The molecule has 1 atom stereocenters. The van der Waals surface area contributed by atoms with E-state index in [2.05, 4.69) is 0 Å². The lowest BCUT2D eigenvalue weighted by Gasteiger charge is -2.25. The highest BCUT2D eigenvalue weighted by atomic mass is 16.7. The van der Waals surface area contributed by atoms with Crippen molar-refractivity contribution in [2.75, 3.05) is 20.7 Å². The summed E-state index contributed by atoms with van der Waals surface area (Å²) in [5.74, 6) is 0.974. The summed E-state index contributed by atoms with van der Waals surface area (Å²) in [5, 5.41) is 1.30. The van der Waals surface area contributed by atoms with Crippen molar-refractivity contribution in [1.82, 2.24) is 5.06 Å². The molecule has 0 heterocycles. The highest BCUT2D eigenvalue weighted by molar-refractivity contribution is 5.75. The largest absolute Gasteiger partial charge is 0.330 e. The average Bonchev–Trinajstić information content (AvgIpc) is 2.63. The maximum Gasteiger partial charge on any atom is 0.246 e. The van der Waals surface area contributed by atoms with Crippen molar-refractivity contribution in [3.05, 3.63) is 0 Å². The lowest BCUT2D eigenvalue weighted by Crippen LogP contribution is -2.32. The van der Waals surface area contributed by atoms with Crippen LogP contribution in [0.3, 0.4) is 0 Å². The first-order valence-corrected chi connectivity index (χ1v) is 6.69. The lowest BCUT2D eigenvalue weighted by atomic mass is 9.84. The Morgan fingerprint density at radius 1 is 1.35 bits per heavy atom. The Morgan fingerprint density at radius 3 is 2.41 bits per heavy atom. The number of nitrogens with two attached hydrogens (primary N) is 1. The van der Waals surface area contributed by atoms with Gasteiger partial charge in [-0.1, -0.05) is 38.5 Å². The highest BCUT2D eigenvalue weighted by Crippen LogP contribution is 2.30. The molecule has 100 valence electrons. The van der Waals surface area contributed by atoms with Gasteiger partial charge in [0.15, 0.2) is 0 Å². The predicted octanol–water partition coefficient (Wildman–Crippen LogP) is 1.94. The second-order valence-corrected chi connectivity index (χ2v) is 5.03. The summed E-state index contributed by atoms with van der Waals surface area (Å²) < 4.78 is 0. The number of hydrogen-bond donors (Lipinski definition) is 1. The SMILES string of the molecule is CON(C)C(=O)C[C@H](CN)C1CCCCCC1. The van der Waals surface area contributed by atoms with Crippen LogP contribution in [0.5, 0.6) is 0 Å². The minimum atomic E-state index is 0.0344. The van der Waals surface area contributed by atoms with E-state index in [1.807, 2.05) is 0 Å². The number of rotatable bonds is 5. The second-order valence-electron chi connectivity index (χ2n) is 5.03. The molecule has 0 unspecified atom stereocenters. The van der Waals surface area contributed by atoms with E-state index in [0.29, 0.717) is 24.8 Å². The summed E-state index contributed by atoms with van der Waals surface area (Å²) >= 11 is 0. The molecule has 0 radical (unpaired) electrons. The number of amides is 1. The maximum absolute atomic E-state index is 11.8. The second kappa shape index (κ2) is 7.67. The van der Waals surface area contributed by atoms with Crippen LogP contribution in [-0.4, -0.2) is 31.7 Å². The fourth-order valence-corrected chi connectivity index (χ4v) is 2.68. The number of hydrogen-bond acceptors (Lipinski definition) is 3. The lowest BCUT2D eigenvalue weighted by molar-refractivity contribution is -0.170. The fourth-order valence-electron chi connectivity index (χ4n) is 2.68. The van der Waals surface area contributed by atoms with Crippen molar-refractivity contribution >= 4 is 5.91 Å². The van der Waals surface area contributed by atoms with Gasteiger partial charge >= 0.3 is 0 Å². The molecule has 0 saturated heterocycles. The van der Waals surface area contributed by atoms with E-state index in [1.54, 1.807) is 7.05 Å². The van der Waals surface area contributed by atoms with Crippen LogP contribution in [0.4, 0.5) is 0 Å². The number of carbonyl (C=O) groups is 1. The van der Waals surface area contributed by atoms with Crippen molar-refractivity contribution in [2.24, 2.45) is 17.6 Å². The highest BCUT2D eigenvalue weighted by Gasteiger charge is 2.25. The Kier molecular flexibility index (Phi) is 6.52. The molecule has 0 aromatic heterocycles. The first kappa shape index (κ1) is 14.5. The van der Waals surface area contributed by atoms with E-state index in [0.717, 1.165) is 0 Å². The molecule has 4 heteroatoms. The fraction of sp³-hybridized carbons (Fsp3) is 0.923. The maximum atomic E-state index is 11.8. The van der Waals surface area contributed by atoms with Crippen molar-refractivity contribution in [2.45, 2.75) is 44.9 Å². The number of hydroxylamine groups is 2. The smallest absolute Gasteiger partial charge is 0.246 e. The zero-order valence-corrected chi connectivity index (χ0v) is 11.2. The van der Waals surface area contributed by atoms with E-state index in [4.69, 9.17) is 10.6 Å². The molecule has 17 heavy (non-hydrogen) atoms. The Labute approximate surface area is 104 Å². The summed E-state index contributed by atoms with van der Waals surface area (Å²) in [7, 11) is 3.17. The first-order chi connectivity index (χ1) is 8.19. The molecule has 1 aliphatic rings.